The van der Waals surface area contributed by atoms with Crippen molar-refractivity contribution in [3.8, 4) is 11.3 Å². The van der Waals surface area contributed by atoms with E-state index in [1.54, 1.807) is 0 Å². The van der Waals surface area contributed by atoms with Gasteiger partial charge in [-0.15, -0.1) is 0 Å². The average molecular weight is 520 g/mol. The van der Waals surface area contributed by atoms with E-state index < -0.39 is 0 Å². The van der Waals surface area contributed by atoms with Crippen molar-refractivity contribution in [3.63, 3.8) is 0 Å². The molecule has 4 nitrogen and oxygen atoms in total. The standard InChI is InChI=1S/C21H22Br2N4.C2H6/c1-15(2-3-16-4-8-18(22)9-5-16)24-12-13-25-21-14-20(26-27-21)17-6-10-19(23)11-7-17;1-2/h2-11,14-15,24H,12-13H2,1H3,(H2,25,26,27);1-2H3/b3-2+;. The first kappa shape index (κ1) is 23.4. The second-order valence-corrected chi connectivity index (χ2v) is 8.09. The molecule has 0 aliphatic heterocycles. The van der Waals surface area contributed by atoms with Gasteiger partial charge >= 0.3 is 0 Å². The minimum atomic E-state index is 0.299. The highest BCUT2D eigenvalue weighted by atomic mass is 79.9. The molecule has 0 aliphatic rings. The fraction of sp³-hybridized carbons (Fsp3) is 0.261. The molecule has 0 bridgehead atoms. The fourth-order valence-electron chi connectivity index (χ4n) is 2.58. The Kier molecular flexibility index (Phi) is 10.2. The van der Waals surface area contributed by atoms with E-state index in [2.05, 4.69) is 96.0 Å². The highest BCUT2D eigenvalue weighted by Crippen LogP contribution is 2.21. The van der Waals surface area contributed by atoms with E-state index in [4.69, 9.17) is 0 Å². The van der Waals surface area contributed by atoms with Gasteiger partial charge < -0.3 is 10.6 Å². The van der Waals surface area contributed by atoms with Crippen LogP contribution in [0.25, 0.3) is 17.3 Å². The summed E-state index contributed by atoms with van der Waals surface area (Å²) >= 11 is 6.90. The van der Waals surface area contributed by atoms with Crippen LogP contribution in [0, 0.1) is 0 Å². The summed E-state index contributed by atoms with van der Waals surface area (Å²) in [6.45, 7) is 7.81. The van der Waals surface area contributed by atoms with Gasteiger partial charge in [-0.2, -0.15) is 5.10 Å². The Morgan fingerprint density at radius 1 is 0.966 bits per heavy atom. The maximum Gasteiger partial charge on any atom is 0.148 e. The summed E-state index contributed by atoms with van der Waals surface area (Å²) in [6.07, 6.45) is 4.30. The first-order chi connectivity index (χ1) is 14.1. The van der Waals surface area contributed by atoms with Gasteiger partial charge in [0.05, 0.1) is 5.69 Å². The third-order valence-electron chi connectivity index (χ3n) is 4.08. The lowest BCUT2D eigenvalue weighted by molar-refractivity contribution is 0.648. The summed E-state index contributed by atoms with van der Waals surface area (Å²) < 4.78 is 2.16. The van der Waals surface area contributed by atoms with Crippen LogP contribution in [0.4, 0.5) is 5.82 Å². The number of halogens is 2. The van der Waals surface area contributed by atoms with Crippen LogP contribution in [0.3, 0.4) is 0 Å². The van der Waals surface area contributed by atoms with Crippen molar-refractivity contribution in [2.45, 2.75) is 26.8 Å². The van der Waals surface area contributed by atoms with Gasteiger partial charge in [0, 0.05) is 34.1 Å². The normalized spacial score (nSPS) is 11.8. The van der Waals surface area contributed by atoms with Gasteiger partial charge in [0.25, 0.3) is 0 Å². The van der Waals surface area contributed by atoms with E-state index in [-0.39, 0.29) is 0 Å². The van der Waals surface area contributed by atoms with Crippen LogP contribution < -0.4 is 10.6 Å². The number of hydrogen-bond donors (Lipinski definition) is 3. The predicted molar refractivity (Wildman–Crippen MR) is 132 cm³/mol. The highest BCUT2D eigenvalue weighted by molar-refractivity contribution is 9.10. The first-order valence-electron chi connectivity index (χ1n) is 9.82. The SMILES string of the molecule is CC.CC(/C=C/c1ccc(Br)cc1)NCCNc1cc(-c2ccc(Br)cc2)[nH]n1. The van der Waals surface area contributed by atoms with Crippen LogP contribution >= 0.6 is 31.9 Å². The van der Waals surface area contributed by atoms with Crippen molar-refractivity contribution in [1.82, 2.24) is 15.5 Å². The Labute approximate surface area is 190 Å². The maximum atomic E-state index is 4.32. The molecule has 1 heterocycles. The van der Waals surface area contributed by atoms with Crippen molar-refractivity contribution < 1.29 is 0 Å². The van der Waals surface area contributed by atoms with Crippen LogP contribution in [-0.4, -0.2) is 29.3 Å². The third-order valence-corrected chi connectivity index (χ3v) is 5.14. The van der Waals surface area contributed by atoms with E-state index in [0.717, 1.165) is 39.1 Å². The maximum absolute atomic E-state index is 4.32. The molecule has 6 heteroatoms. The molecule has 29 heavy (non-hydrogen) atoms. The largest absolute Gasteiger partial charge is 0.367 e. The molecule has 1 aromatic heterocycles. The minimum Gasteiger partial charge on any atom is -0.367 e. The zero-order valence-electron chi connectivity index (χ0n) is 17.0. The zero-order chi connectivity index (χ0) is 21.1. The Bertz CT molecular complexity index is 871. The smallest absolute Gasteiger partial charge is 0.148 e. The molecular weight excluding hydrogens is 492 g/mol. The molecule has 0 radical (unpaired) electrons. The predicted octanol–water partition coefficient (Wildman–Crippen LogP) is 6.73. The van der Waals surface area contributed by atoms with Crippen LogP contribution in [-0.2, 0) is 0 Å². The monoisotopic (exact) mass is 518 g/mol. The molecule has 2 aromatic carbocycles. The van der Waals surface area contributed by atoms with Crippen LogP contribution in [0.15, 0.2) is 69.6 Å². The van der Waals surface area contributed by atoms with Crippen molar-refractivity contribution in [3.05, 3.63) is 75.2 Å². The third kappa shape index (κ3) is 8.17. The number of nitrogens with zero attached hydrogens (tertiary/aromatic N) is 1. The number of hydrogen-bond acceptors (Lipinski definition) is 3. The molecule has 1 unspecified atom stereocenters. The number of aromatic nitrogens is 2. The van der Waals surface area contributed by atoms with Gasteiger partial charge in [-0.05, 0) is 42.3 Å². The summed E-state index contributed by atoms with van der Waals surface area (Å²) in [5, 5.41) is 14.2. The van der Waals surface area contributed by atoms with Crippen LogP contribution in [0.1, 0.15) is 26.3 Å². The van der Waals surface area contributed by atoms with Crippen molar-refractivity contribution >= 4 is 43.8 Å². The van der Waals surface area contributed by atoms with Crippen LogP contribution in [0.2, 0.25) is 0 Å². The molecule has 0 amide bonds. The number of H-pyrrole nitrogens is 1. The minimum absolute atomic E-state index is 0.299. The first-order valence-corrected chi connectivity index (χ1v) is 11.4. The quantitative estimate of drug-likeness (QED) is 0.289. The van der Waals surface area contributed by atoms with Gasteiger partial charge in [-0.1, -0.05) is 82.1 Å². The molecule has 0 fully saturated rings. The van der Waals surface area contributed by atoms with Crippen molar-refractivity contribution in [2.75, 3.05) is 18.4 Å². The summed E-state index contributed by atoms with van der Waals surface area (Å²) in [6, 6.07) is 18.8. The molecule has 1 atom stereocenters. The Morgan fingerprint density at radius 2 is 1.59 bits per heavy atom. The summed E-state index contributed by atoms with van der Waals surface area (Å²) in [5.41, 5.74) is 3.31. The van der Waals surface area contributed by atoms with Crippen LogP contribution in [0.5, 0.6) is 0 Å². The summed E-state index contributed by atoms with van der Waals surface area (Å²) in [5.74, 6) is 0.854. The van der Waals surface area contributed by atoms with E-state index in [0.29, 0.717) is 6.04 Å². The van der Waals surface area contributed by atoms with E-state index in [1.807, 2.05) is 44.2 Å². The zero-order valence-corrected chi connectivity index (χ0v) is 20.2. The molecule has 0 saturated heterocycles. The number of anilines is 1. The number of benzene rings is 2. The molecule has 3 rings (SSSR count). The summed E-state index contributed by atoms with van der Waals surface area (Å²) in [4.78, 5) is 0. The topological polar surface area (TPSA) is 52.7 Å². The molecular formula is C23H28Br2N4. The van der Waals surface area contributed by atoms with E-state index in [9.17, 15) is 0 Å². The van der Waals surface area contributed by atoms with Crippen molar-refractivity contribution in [1.29, 1.82) is 0 Å². The molecule has 0 spiro atoms. The van der Waals surface area contributed by atoms with Gasteiger partial charge in [0.1, 0.15) is 5.82 Å². The second kappa shape index (κ2) is 12.6. The molecule has 0 saturated carbocycles. The molecule has 0 aliphatic carbocycles. The number of nitrogens with one attached hydrogen (secondary N) is 3. The van der Waals surface area contributed by atoms with E-state index in [1.165, 1.54) is 5.56 Å². The molecule has 154 valence electrons. The Morgan fingerprint density at radius 3 is 2.24 bits per heavy atom. The summed E-state index contributed by atoms with van der Waals surface area (Å²) in [7, 11) is 0. The van der Waals surface area contributed by atoms with Gasteiger partial charge in [0.15, 0.2) is 0 Å². The number of rotatable bonds is 8. The fourth-order valence-corrected chi connectivity index (χ4v) is 3.11. The van der Waals surface area contributed by atoms with Gasteiger partial charge in [-0.25, -0.2) is 0 Å². The van der Waals surface area contributed by atoms with E-state index >= 15 is 0 Å². The van der Waals surface area contributed by atoms with Gasteiger partial charge in [-0.3, -0.25) is 5.10 Å². The lowest BCUT2D eigenvalue weighted by atomic mass is 10.1. The lowest BCUT2D eigenvalue weighted by Gasteiger charge is -2.09. The average Bonchev–Trinajstić information content (AvgIpc) is 3.22. The lowest BCUT2D eigenvalue weighted by Crippen LogP contribution is -2.29. The molecule has 3 aromatic rings. The van der Waals surface area contributed by atoms with Gasteiger partial charge in [0.2, 0.25) is 0 Å². The molecule has 3 N–H and O–H groups in total. The Hall–Kier alpha value is -1.89. The van der Waals surface area contributed by atoms with Crippen molar-refractivity contribution in [2.24, 2.45) is 0 Å². The second-order valence-electron chi connectivity index (χ2n) is 6.25. The number of aromatic amines is 1. The highest BCUT2D eigenvalue weighted by Gasteiger charge is 2.03. The Balaban J connectivity index is 0.00000145.